The highest BCUT2D eigenvalue weighted by atomic mass is 35.5. The number of pyridine rings is 1. The van der Waals surface area contributed by atoms with Crippen molar-refractivity contribution in [3.8, 4) is 11.1 Å². The van der Waals surface area contributed by atoms with Crippen molar-refractivity contribution in [1.29, 1.82) is 0 Å². The van der Waals surface area contributed by atoms with E-state index in [9.17, 15) is 9.18 Å². The van der Waals surface area contributed by atoms with Crippen LogP contribution >= 0.6 is 11.6 Å². The van der Waals surface area contributed by atoms with E-state index in [1.807, 2.05) is 0 Å². The average Bonchev–Trinajstić information content (AvgIpc) is 2.55. The van der Waals surface area contributed by atoms with Crippen LogP contribution in [0.2, 0.25) is 5.02 Å². The molecule has 5 heteroatoms. The lowest BCUT2D eigenvalue weighted by atomic mass is 9.94. The highest BCUT2D eigenvalue weighted by molar-refractivity contribution is 6.31. The minimum Gasteiger partial charge on any atom is -0.462 e. The molecule has 1 heterocycles. The summed E-state index contributed by atoms with van der Waals surface area (Å²) in [6.45, 7) is 3.76. The van der Waals surface area contributed by atoms with Crippen molar-refractivity contribution in [3.05, 3.63) is 64.6 Å². The molecule has 0 aliphatic rings. The number of carbonyl (C=O) groups is 1. The van der Waals surface area contributed by atoms with Crippen LogP contribution in [-0.4, -0.2) is 17.6 Å². The van der Waals surface area contributed by atoms with Gasteiger partial charge >= 0.3 is 5.97 Å². The van der Waals surface area contributed by atoms with Crippen molar-refractivity contribution in [3.63, 3.8) is 0 Å². The van der Waals surface area contributed by atoms with Crippen LogP contribution in [0.15, 0.2) is 42.5 Å². The number of benzene rings is 2. The molecule has 24 heavy (non-hydrogen) atoms. The summed E-state index contributed by atoms with van der Waals surface area (Å²) < 4.78 is 18.5. The fourth-order valence-electron chi connectivity index (χ4n) is 2.73. The number of hydrogen-bond acceptors (Lipinski definition) is 3. The molecular formula is C19H15ClFNO2. The van der Waals surface area contributed by atoms with Gasteiger partial charge in [0, 0.05) is 16.0 Å². The minimum absolute atomic E-state index is 0.259. The van der Waals surface area contributed by atoms with E-state index in [0.717, 1.165) is 5.39 Å². The monoisotopic (exact) mass is 343 g/mol. The van der Waals surface area contributed by atoms with Gasteiger partial charge in [-0.1, -0.05) is 23.7 Å². The molecule has 0 saturated heterocycles. The largest absolute Gasteiger partial charge is 0.462 e. The highest BCUT2D eigenvalue weighted by Crippen LogP contribution is 2.35. The summed E-state index contributed by atoms with van der Waals surface area (Å²) >= 11 is 6.13. The molecule has 0 aliphatic carbocycles. The quantitative estimate of drug-likeness (QED) is 0.615. The number of hydrogen-bond donors (Lipinski definition) is 0. The molecule has 0 atom stereocenters. The van der Waals surface area contributed by atoms with Crippen molar-refractivity contribution in [2.75, 3.05) is 6.61 Å². The van der Waals surface area contributed by atoms with Crippen molar-refractivity contribution >= 4 is 28.5 Å². The number of halogens is 2. The van der Waals surface area contributed by atoms with Crippen LogP contribution < -0.4 is 0 Å². The first kappa shape index (κ1) is 16.4. The third-order valence-electron chi connectivity index (χ3n) is 3.74. The summed E-state index contributed by atoms with van der Waals surface area (Å²) in [5, 5.41) is 1.26. The molecule has 0 radical (unpaired) electrons. The molecule has 1 aromatic heterocycles. The first-order chi connectivity index (χ1) is 11.5. The van der Waals surface area contributed by atoms with Crippen LogP contribution in [0.25, 0.3) is 22.0 Å². The molecule has 0 amide bonds. The molecule has 0 unspecified atom stereocenters. The summed E-state index contributed by atoms with van der Waals surface area (Å²) in [5.74, 6) is -0.798. The van der Waals surface area contributed by atoms with Gasteiger partial charge in [-0.2, -0.15) is 0 Å². The molecule has 0 aliphatic heterocycles. The van der Waals surface area contributed by atoms with E-state index in [4.69, 9.17) is 16.3 Å². The van der Waals surface area contributed by atoms with Gasteiger partial charge in [0.25, 0.3) is 0 Å². The van der Waals surface area contributed by atoms with Crippen LogP contribution in [0.1, 0.15) is 23.0 Å². The van der Waals surface area contributed by atoms with Gasteiger partial charge in [0.2, 0.25) is 0 Å². The molecule has 0 N–H and O–H groups in total. The summed E-state index contributed by atoms with van der Waals surface area (Å²) in [6, 6.07) is 11.3. The fraction of sp³-hybridized carbons (Fsp3) is 0.158. The first-order valence-electron chi connectivity index (χ1n) is 7.54. The molecular weight excluding hydrogens is 329 g/mol. The molecule has 122 valence electrons. The highest BCUT2D eigenvalue weighted by Gasteiger charge is 2.21. The maximum atomic E-state index is 13.3. The Hall–Kier alpha value is -2.46. The smallest absolute Gasteiger partial charge is 0.340 e. The predicted molar refractivity (Wildman–Crippen MR) is 92.8 cm³/mol. The van der Waals surface area contributed by atoms with Crippen LogP contribution in [0.3, 0.4) is 0 Å². The molecule has 2 aromatic carbocycles. The van der Waals surface area contributed by atoms with E-state index < -0.39 is 5.97 Å². The number of fused-ring (bicyclic) bond motifs is 1. The van der Waals surface area contributed by atoms with E-state index in [1.54, 1.807) is 44.2 Å². The summed E-state index contributed by atoms with van der Waals surface area (Å²) in [5.41, 5.74) is 3.00. The second kappa shape index (κ2) is 6.57. The zero-order valence-electron chi connectivity index (χ0n) is 13.3. The lowest BCUT2D eigenvalue weighted by molar-refractivity contribution is 0.0526. The van der Waals surface area contributed by atoms with Crippen molar-refractivity contribution in [1.82, 2.24) is 4.98 Å². The Kier molecular flexibility index (Phi) is 4.49. The molecule has 3 nitrogen and oxygen atoms in total. The van der Waals surface area contributed by atoms with Gasteiger partial charge in [0.1, 0.15) is 5.82 Å². The number of esters is 1. The topological polar surface area (TPSA) is 39.2 Å². The zero-order valence-corrected chi connectivity index (χ0v) is 14.0. The molecule has 0 saturated carbocycles. The summed E-state index contributed by atoms with van der Waals surface area (Å²) in [7, 11) is 0. The number of aromatic nitrogens is 1. The second-order valence-corrected chi connectivity index (χ2v) is 5.77. The Morgan fingerprint density at radius 3 is 2.58 bits per heavy atom. The Labute approximate surface area is 144 Å². The van der Waals surface area contributed by atoms with Gasteiger partial charge in [-0.05, 0) is 49.7 Å². The Balaban J connectivity index is 2.39. The predicted octanol–water partition coefficient (Wildman–Crippen LogP) is 5.18. The third-order valence-corrected chi connectivity index (χ3v) is 3.98. The maximum Gasteiger partial charge on any atom is 0.340 e. The van der Waals surface area contributed by atoms with Crippen LogP contribution in [0, 0.1) is 12.7 Å². The SMILES string of the molecule is CCOC(=O)c1c(C)nc2ccc(Cl)cc2c1-c1ccc(F)cc1. The Morgan fingerprint density at radius 2 is 1.92 bits per heavy atom. The minimum atomic E-state index is -0.455. The zero-order chi connectivity index (χ0) is 17.3. The van der Waals surface area contributed by atoms with Gasteiger partial charge < -0.3 is 4.74 Å². The lowest BCUT2D eigenvalue weighted by Crippen LogP contribution is -2.10. The molecule has 0 bridgehead atoms. The van der Waals surface area contributed by atoms with Crippen molar-refractivity contribution < 1.29 is 13.9 Å². The van der Waals surface area contributed by atoms with E-state index in [2.05, 4.69) is 4.98 Å². The number of aryl methyl sites for hydroxylation is 1. The van der Waals surface area contributed by atoms with Gasteiger partial charge in [-0.25, -0.2) is 9.18 Å². The summed E-state index contributed by atoms with van der Waals surface area (Å²) in [6.07, 6.45) is 0. The Morgan fingerprint density at radius 1 is 1.21 bits per heavy atom. The number of nitrogens with zero attached hydrogens (tertiary/aromatic N) is 1. The average molecular weight is 344 g/mol. The second-order valence-electron chi connectivity index (χ2n) is 5.34. The molecule has 0 fully saturated rings. The van der Waals surface area contributed by atoms with E-state index >= 15 is 0 Å². The van der Waals surface area contributed by atoms with Crippen molar-refractivity contribution in [2.45, 2.75) is 13.8 Å². The standard InChI is InChI=1S/C19H15ClFNO2/c1-3-24-19(23)17-11(2)22-16-9-6-13(20)10-15(16)18(17)12-4-7-14(21)8-5-12/h4-10H,3H2,1-2H3. The number of ether oxygens (including phenoxy) is 1. The summed E-state index contributed by atoms with van der Waals surface area (Å²) in [4.78, 5) is 17.0. The first-order valence-corrected chi connectivity index (χ1v) is 7.92. The van der Waals surface area contributed by atoms with E-state index in [0.29, 0.717) is 32.9 Å². The molecule has 3 aromatic rings. The van der Waals surface area contributed by atoms with E-state index in [-0.39, 0.29) is 12.4 Å². The van der Waals surface area contributed by atoms with Gasteiger partial charge in [-0.3, -0.25) is 4.98 Å². The normalized spacial score (nSPS) is 10.8. The van der Waals surface area contributed by atoms with Gasteiger partial charge in [-0.15, -0.1) is 0 Å². The molecule has 3 rings (SSSR count). The van der Waals surface area contributed by atoms with Crippen molar-refractivity contribution in [2.24, 2.45) is 0 Å². The third kappa shape index (κ3) is 2.97. The van der Waals surface area contributed by atoms with Crippen LogP contribution in [0.4, 0.5) is 4.39 Å². The number of carbonyl (C=O) groups excluding carboxylic acids is 1. The van der Waals surface area contributed by atoms with Crippen LogP contribution in [-0.2, 0) is 4.74 Å². The lowest BCUT2D eigenvalue weighted by Gasteiger charge is -2.15. The maximum absolute atomic E-state index is 13.3. The van der Waals surface area contributed by atoms with Crippen LogP contribution in [0.5, 0.6) is 0 Å². The molecule has 0 spiro atoms. The van der Waals surface area contributed by atoms with E-state index in [1.165, 1.54) is 12.1 Å². The number of rotatable bonds is 3. The Bertz CT molecular complexity index is 923. The van der Waals surface area contributed by atoms with Gasteiger partial charge in [0.15, 0.2) is 0 Å². The fourth-order valence-corrected chi connectivity index (χ4v) is 2.90. The van der Waals surface area contributed by atoms with Gasteiger partial charge in [0.05, 0.1) is 23.4 Å².